The maximum atomic E-state index is 5.98. The van der Waals surface area contributed by atoms with Crippen molar-refractivity contribution in [2.75, 3.05) is 14.2 Å². The van der Waals surface area contributed by atoms with Gasteiger partial charge in [0.2, 0.25) is 5.89 Å². The molecule has 2 aliphatic rings. The lowest BCUT2D eigenvalue weighted by atomic mass is 10.1. The van der Waals surface area contributed by atoms with Gasteiger partial charge in [0.15, 0.2) is 0 Å². The van der Waals surface area contributed by atoms with E-state index in [-0.39, 0.29) is 0 Å². The monoisotopic (exact) mass is 340 g/mol. The standard InChI is InChI=1S/C21H28N2O2/c1-13-11-17(9-10-19(13)24-4)21-22-18(14(2)25-21)12-23(3)20(15-5-6-15)16-7-8-16/h9-11,15-16,20H,5-8,12H2,1-4H3. The summed E-state index contributed by atoms with van der Waals surface area (Å²) in [5.41, 5.74) is 3.17. The van der Waals surface area contributed by atoms with E-state index in [0.717, 1.165) is 52.8 Å². The first-order chi connectivity index (χ1) is 12.1. The summed E-state index contributed by atoms with van der Waals surface area (Å²) in [6.45, 7) is 4.95. The highest BCUT2D eigenvalue weighted by molar-refractivity contribution is 5.57. The Hall–Kier alpha value is -1.81. The molecule has 0 saturated heterocycles. The SMILES string of the molecule is COc1ccc(-c2nc(CN(C)C(C3CC3)C3CC3)c(C)o2)cc1C. The number of hydrogen-bond acceptors (Lipinski definition) is 4. The van der Waals surface area contributed by atoms with Gasteiger partial charge in [-0.15, -0.1) is 0 Å². The van der Waals surface area contributed by atoms with Crippen LogP contribution in [0.1, 0.15) is 42.7 Å². The first-order valence-corrected chi connectivity index (χ1v) is 9.38. The lowest BCUT2D eigenvalue weighted by Crippen LogP contribution is -2.35. The average molecular weight is 340 g/mol. The van der Waals surface area contributed by atoms with Crippen molar-refractivity contribution in [1.29, 1.82) is 0 Å². The molecule has 0 unspecified atom stereocenters. The Bertz CT molecular complexity index is 747. The Balaban J connectivity index is 1.52. The largest absolute Gasteiger partial charge is 0.496 e. The van der Waals surface area contributed by atoms with Gasteiger partial charge in [0.1, 0.15) is 11.5 Å². The molecule has 2 aliphatic carbocycles. The van der Waals surface area contributed by atoms with Crippen LogP contribution in [0.25, 0.3) is 11.5 Å². The van der Waals surface area contributed by atoms with E-state index in [1.54, 1.807) is 7.11 Å². The van der Waals surface area contributed by atoms with Crippen LogP contribution < -0.4 is 4.74 Å². The smallest absolute Gasteiger partial charge is 0.226 e. The third kappa shape index (κ3) is 3.45. The van der Waals surface area contributed by atoms with Crippen molar-refractivity contribution in [2.45, 2.75) is 52.1 Å². The highest BCUT2D eigenvalue weighted by Gasteiger charge is 2.43. The Morgan fingerprint density at radius 2 is 1.88 bits per heavy atom. The fourth-order valence-electron chi connectivity index (χ4n) is 4.03. The van der Waals surface area contributed by atoms with Gasteiger partial charge >= 0.3 is 0 Å². The zero-order chi connectivity index (χ0) is 17.6. The van der Waals surface area contributed by atoms with Gasteiger partial charge in [-0.25, -0.2) is 4.98 Å². The molecule has 2 aromatic rings. The van der Waals surface area contributed by atoms with Gasteiger partial charge in [0.25, 0.3) is 0 Å². The van der Waals surface area contributed by atoms with Crippen molar-refractivity contribution in [1.82, 2.24) is 9.88 Å². The molecule has 4 heteroatoms. The number of rotatable bonds is 7. The van der Waals surface area contributed by atoms with E-state index in [1.807, 2.05) is 26.0 Å². The van der Waals surface area contributed by atoms with E-state index in [1.165, 1.54) is 25.7 Å². The molecule has 1 heterocycles. The molecular weight excluding hydrogens is 312 g/mol. The molecule has 0 radical (unpaired) electrons. The van der Waals surface area contributed by atoms with Gasteiger partial charge in [0, 0.05) is 18.2 Å². The number of nitrogens with zero attached hydrogens (tertiary/aromatic N) is 2. The zero-order valence-corrected chi connectivity index (χ0v) is 15.7. The molecule has 2 saturated carbocycles. The maximum Gasteiger partial charge on any atom is 0.226 e. The van der Waals surface area contributed by atoms with E-state index < -0.39 is 0 Å². The van der Waals surface area contributed by atoms with Crippen LogP contribution in [0, 0.1) is 25.7 Å². The van der Waals surface area contributed by atoms with E-state index in [2.05, 4.69) is 18.0 Å². The molecule has 0 atom stereocenters. The van der Waals surface area contributed by atoms with E-state index in [4.69, 9.17) is 14.1 Å². The van der Waals surface area contributed by atoms with Crippen LogP contribution >= 0.6 is 0 Å². The number of oxazole rings is 1. The quantitative estimate of drug-likeness (QED) is 0.739. The Kier molecular flexibility index (Phi) is 4.32. The predicted octanol–water partition coefficient (Wildman–Crippen LogP) is 4.59. The van der Waals surface area contributed by atoms with Crippen LogP contribution in [0.2, 0.25) is 0 Å². The first kappa shape index (κ1) is 16.6. The number of aromatic nitrogens is 1. The van der Waals surface area contributed by atoms with Crippen molar-refractivity contribution in [3.63, 3.8) is 0 Å². The van der Waals surface area contributed by atoms with Crippen molar-refractivity contribution >= 4 is 0 Å². The first-order valence-electron chi connectivity index (χ1n) is 9.38. The summed E-state index contributed by atoms with van der Waals surface area (Å²) in [5, 5.41) is 0. The summed E-state index contributed by atoms with van der Waals surface area (Å²) in [6, 6.07) is 6.81. The number of benzene rings is 1. The highest BCUT2D eigenvalue weighted by Crippen LogP contribution is 2.47. The summed E-state index contributed by atoms with van der Waals surface area (Å²) in [7, 11) is 3.95. The molecule has 134 valence electrons. The van der Waals surface area contributed by atoms with Gasteiger partial charge in [0.05, 0.1) is 12.8 Å². The van der Waals surface area contributed by atoms with E-state index in [0.29, 0.717) is 5.89 Å². The number of ether oxygens (including phenoxy) is 1. The number of aryl methyl sites for hydroxylation is 2. The van der Waals surface area contributed by atoms with Gasteiger partial charge in [-0.1, -0.05) is 0 Å². The van der Waals surface area contributed by atoms with Crippen LogP contribution in [-0.2, 0) is 6.54 Å². The molecule has 4 nitrogen and oxygen atoms in total. The highest BCUT2D eigenvalue weighted by atomic mass is 16.5. The van der Waals surface area contributed by atoms with Crippen LogP contribution in [0.15, 0.2) is 22.6 Å². The molecule has 0 amide bonds. The van der Waals surface area contributed by atoms with Gasteiger partial charge in [-0.2, -0.15) is 0 Å². The summed E-state index contributed by atoms with van der Waals surface area (Å²) in [6.07, 6.45) is 5.61. The number of methoxy groups -OCH3 is 1. The lowest BCUT2D eigenvalue weighted by Gasteiger charge is -2.27. The van der Waals surface area contributed by atoms with Crippen LogP contribution in [0.5, 0.6) is 5.75 Å². The molecular formula is C21H28N2O2. The molecule has 0 bridgehead atoms. The molecule has 1 aromatic carbocycles. The van der Waals surface area contributed by atoms with Crippen molar-refractivity contribution < 1.29 is 9.15 Å². The van der Waals surface area contributed by atoms with Gasteiger partial charge in [-0.3, -0.25) is 4.90 Å². The third-order valence-corrected chi connectivity index (χ3v) is 5.65. The second kappa shape index (κ2) is 6.49. The van der Waals surface area contributed by atoms with E-state index in [9.17, 15) is 0 Å². The molecule has 2 fully saturated rings. The van der Waals surface area contributed by atoms with Crippen LogP contribution in [0.4, 0.5) is 0 Å². The zero-order valence-electron chi connectivity index (χ0n) is 15.7. The normalized spacial score (nSPS) is 17.5. The minimum atomic E-state index is 0.709. The Morgan fingerprint density at radius 3 is 2.44 bits per heavy atom. The Labute approximate surface area is 150 Å². The molecule has 4 rings (SSSR count). The van der Waals surface area contributed by atoms with Gasteiger partial charge in [-0.05, 0) is 82.2 Å². The molecule has 25 heavy (non-hydrogen) atoms. The van der Waals surface area contributed by atoms with Crippen molar-refractivity contribution in [2.24, 2.45) is 11.8 Å². The fourth-order valence-corrected chi connectivity index (χ4v) is 4.03. The summed E-state index contributed by atoms with van der Waals surface area (Å²) >= 11 is 0. The fraction of sp³-hybridized carbons (Fsp3) is 0.571. The van der Waals surface area contributed by atoms with Gasteiger partial charge < -0.3 is 9.15 Å². The van der Waals surface area contributed by atoms with E-state index >= 15 is 0 Å². The van der Waals surface area contributed by atoms with Crippen molar-refractivity contribution in [3.05, 3.63) is 35.2 Å². The lowest BCUT2D eigenvalue weighted by molar-refractivity contribution is 0.184. The third-order valence-electron chi connectivity index (χ3n) is 5.65. The average Bonchev–Trinajstić information content (AvgIpc) is 3.50. The summed E-state index contributed by atoms with van der Waals surface area (Å²) in [4.78, 5) is 7.33. The maximum absolute atomic E-state index is 5.98. The van der Waals surface area contributed by atoms with Crippen molar-refractivity contribution in [3.8, 4) is 17.2 Å². The number of hydrogen-bond donors (Lipinski definition) is 0. The minimum absolute atomic E-state index is 0.709. The molecule has 0 spiro atoms. The molecule has 1 aromatic heterocycles. The molecule has 0 N–H and O–H groups in total. The van der Waals surface area contributed by atoms with Crippen LogP contribution in [0.3, 0.4) is 0 Å². The second-order valence-electron chi connectivity index (χ2n) is 7.79. The minimum Gasteiger partial charge on any atom is -0.496 e. The summed E-state index contributed by atoms with van der Waals surface area (Å²) in [5.74, 6) is 4.35. The predicted molar refractivity (Wildman–Crippen MR) is 98.7 cm³/mol. The topological polar surface area (TPSA) is 38.5 Å². The Morgan fingerprint density at radius 1 is 1.20 bits per heavy atom. The molecule has 0 aliphatic heterocycles. The summed E-state index contributed by atoms with van der Waals surface area (Å²) < 4.78 is 11.3. The van der Waals surface area contributed by atoms with Crippen LogP contribution in [-0.4, -0.2) is 30.1 Å². The second-order valence-corrected chi connectivity index (χ2v) is 7.79.